The molecule has 0 aliphatic heterocycles. The van der Waals surface area contributed by atoms with Crippen molar-refractivity contribution in [3.8, 4) is 22.3 Å². The highest BCUT2D eigenvalue weighted by Crippen LogP contribution is 2.32. The predicted molar refractivity (Wildman–Crippen MR) is 94.5 cm³/mol. The summed E-state index contributed by atoms with van der Waals surface area (Å²) in [7, 11) is 0. The lowest BCUT2D eigenvalue weighted by atomic mass is 9.99. The maximum Gasteiger partial charge on any atom is 0.0259 e. The van der Waals surface area contributed by atoms with E-state index in [0.717, 1.165) is 4.47 Å². The second-order valence-corrected chi connectivity index (χ2v) is 6.28. The van der Waals surface area contributed by atoms with E-state index in [1.165, 1.54) is 33.4 Å². The highest BCUT2D eigenvalue weighted by atomic mass is 79.9. The number of rotatable bonds is 2. The molecule has 104 valence electrons. The van der Waals surface area contributed by atoms with Crippen LogP contribution in [0.4, 0.5) is 0 Å². The lowest BCUT2D eigenvalue weighted by Crippen LogP contribution is -1.84. The number of aryl methyl sites for hydroxylation is 2. The third-order valence-corrected chi connectivity index (χ3v) is 4.37. The molecule has 0 saturated heterocycles. The van der Waals surface area contributed by atoms with Crippen LogP contribution in [0.25, 0.3) is 22.3 Å². The van der Waals surface area contributed by atoms with Crippen molar-refractivity contribution in [2.24, 2.45) is 0 Å². The molecule has 3 aromatic rings. The van der Waals surface area contributed by atoms with Crippen molar-refractivity contribution >= 4 is 15.9 Å². The number of halogens is 1. The molecule has 0 aliphatic carbocycles. The van der Waals surface area contributed by atoms with Crippen LogP contribution in [-0.4, -0.2) is 0 Å². The first-order valence-corrected chi connectivity index (χ1v) is 7.86. The second kappa shape index (κ2) is 5.87. The monoisotopic (exact) mass is 336 g/mol. The van der Waals surface area contributed by atoms with Crippen LogP contribution in [0.5, 0.6) is 0 Å². The SMILES string of the molecule is Cc1ccc(-c2ccc(-c3ccc(C)cc3)c(Br)c2)cc1. The van der Waals surface area contributed by atoms with Gasteiger partial charge < -0.3 is 0 Å². The standard InChI is InChI=1S/C20H17Br/c1-14-3-7-16(8-4-14)18-11-12-19(20(21)13-18)17-9-5-15(2)6-10-17/h3-13H,1-2H3. The summed E-state index contributed by atoms with van der Waals surface area (Å²) in [6.07, 6.45) is 0. The van der Waals surface area contributed by atoms with Crippen molar-refractivity contribution in [3.05, 3.63) is 82.3 Å². The first-order valence-electron chi connectivity index (χ1n) is 7.07. The summed E-state index contributed by atoms with van der Waals surface area (Å²) >= 11 is 3.71. The van der Waals surface area contributed by atoms with E-state index >= 15 is 0 Å². The Labute approximate surface area is 134 Å². The Bertz CT molecular complexity index is 753. The van der Waals surface area contributed by atoms with Gasteiger partial charge in [0.05, 0.1) is 0 Å². The van der Waals surface area contributed by atoms with Crippen molar-refractivity contribution in [1.82, 2.24) is 0 Å². The molecule has 0 radical (unpaired) electrons. The van der Waals surface area contributed by atoms with E-state index in [0.29, 0.717) is 0 Å². The molecule has 0 saturated carbocycles. The molecule has 0 atom stereocenters. The fraction of sp³-hybridized carbons (Fsp3) is 0.100. The van der Waals surface area contributed by atoms with E-state index in [-0.39, 0.29) is 0 Å². The van der Waals surface area contributed by atoms with Crippen LogP contribution >= 0.6 is 15.9 Å². The van der Waals surface area contributed by atoms with E-state index < -0.39 is 0 Å². The van der Waals surface area contributed by atoms with Crippen molar-refractivity contribution in [1.29, 1.82) is 0 Å². The van der Waals surface area contributed by atoms with Gasteiger partial charge in [0.25, 0.3) is 0 Å². The molecule has 1 heteroatoms. The zero-order valence-electron chi connectivity index (χ0n) is 12.2. The molecule has 0 aliphatic rings. The topological polar surface area (TPSA) is 0 Å². The summed E-state index contributed by atoms with van der Waals surface area (Å²) in [5.74, 6) is 0. The van der Waals surface area contributed by atoms with Gasteiger partial charge in [-0.25, -0.2) is 0 Å². The van der Waals surface area contributed by atoms with Crippen LogP contribution in [-0.2, 0) is 0 Å². The smallest absolute Gasteiger partial charge is 0.0259 e. The first-order chi connectivity index (χ1) is 10.1. The Balaban J connectivity index is 1.99. The van der Waals surface area contributed by atoms with Crippen molar-refractivity contribution in [2.45, 2.75) is 13.8 Å². The quantitative estimate of drug-likeness (QED) is 0.507. The highest BCUT2D eigenvalue weighted by Gasteiger charge is 2.05. The Morgan fingerprint density at radius 1 is 0.571 bits per heavy atom. The van der Waals surface area contributed by atoms with Gasteiger partial charge in [0.2, 0.25) is 0 Å². The van der Waals surface area contributed by atoms with E-state index in [2.05, 4.69) is 96.5 Å². The molecule has 0 amide bonds. The molecule has 3 aromatic carbocycles. The molecule has 21 heavy (non-hydrogen) atoms. The van der Waals surface area contributed by atoms with Crippen LogP contribution in [0.1, 0.15) is 11.1 Å². The largest absolute Gasteiger partial charge is 0.0587 e. The van der Waals surface area contributed by atoms with Gasteiger partial charge in [-0.15, -0.1) is 0 Å². The van der Waals surface area contributed by atoms with Crippen molar-refractivity contribution < 1.29 is 0 Å². The van der Waals surface area contributed by atoms with Gasteiger partial charge in [0.15, 0.2) is 0 Å². The van der Waals surface area contributed by atoms with E-state index in [1.54, 1.807) is 0 Å². The minimum atomic E-state index is 1.13. The van der Waals surface area contributed by atoms with Gasteiger partial charge in [0.1, 0.15) is 0 Å². The fourth-order valence-electron chi connectivity index (χ4n) is 2.41. The number of hydrogen-bond acceptors (Lipinski definition) is 0. The summed E-state index contributed by atoms with van der Waals surface area (Å²) in [6.45, 7) is 4.22. The Morgan fingerprint density at radius 2 is 1.05 bits per heavy atom. The summed E-state index contributed by atoms with van der Waals surface area (Å²) in [4.78, 5) is 0. The molecule has 0 aromatic heterocycles. The zero-order valence-corrected chi connectivity index (χ0v) is 13.8. The van der Waals surface area contributed by atoms with Gasteiger partial charge in [-0.2, -0.15) is 0 Å². The normalized spacial score (nSPS) is 10.6. The molecule has 0 nitrogen and oxygen atoms in total. The zero-order chi connectivity index (χ0) is 14.8. The third-order valence-electron chi connectivity index (χ3n) is 3.72. The molecule has 0 fully saturated rings. The predicted octanol–water partition coefficient (Wildman–Crippen LogP) is 6.40. The third kappa shape index (κ3) is 3.08. The summed E-state index contributed by atoms with van der Waals surface area (Å²) in [6, 6.07) is 23.8. The molecular weight excluding hydrogens is 320 g/mol. The van der Waals surface area contributed by atoms with Gasteiger partial charge in [0, 0.05) is 4.47 Å². The summed E-state index contributed by atoms with van der Waals surface area (Å²) in [5, 5.41) is 0. The molecule has 0 heterocycles. The average Bonchev–Trinajstić information content (AvgIpc) is 2.49. The van der Waals surface area contributed by atoms with E-state index in [1.807, 2.05) is 0 Å². The molecule has 0 N–H and O–H groups in total. The Kier molecular flexibility index (Phi) is 3.94. The van der Waals surface area contributed by atoms with Crippen LogP contribution < -0.4 is 0 Å². The van der Waals surface area contributed by atoms with Crippen LogP contribution in [0, 0.1) is 13.8 Å². The molecular formula is C20H17Br. The molecule has 3 rings (SSSR count). The van der Waals surface area contributed by atoms with Gasteiger partial charge in [-0.3, -0.25) is 0 Å². The average molecular weight is 337 g/mol. The van der Waals surface area contributed by atoms with Gasteiger partial charge in [-0.1, -0.05) is 87.7 Å². The van der Waals surface area contributed by atoms with Crippen molar-refractivity contribution in [3.63, 3.8) is 0 Å². The van der Waals surface area contributed by atoms with Crippen LogP contribution in [0.15, 0.2) is 71.2 Å². The maximum atomic E-state index is 3.71. The molecule has 0 unspecified atom stereocenters. The minimum absolute atomic E-state index is 1.13. The van der Waals surface area contributed by atoms with Gasteiger partial charge in [-0.05, 0) is 42.2 Å². The molecule has 0 spiro atoms. The van der Waals surface area contributed by atoms with Crippen LogP contribution in [0.3, 0.4) is 0 Å². The highest BCUT2D eigenvalue weighted by molar-refractivity contribution is 9.10. The lowest BCUT2D eigenvalue weighted by molar-refractivity contribution is 1.45. The lowest BCUT2D eigenvalue weighted by Gasteiger charge is -2.09. The van der Waals surface area contributed by atoms with Crippen molar-refractivity contribution in [2.75, 3.05) is 0 Å². The van der Waals surface area contributed by atoms with E-state index in [4.69, 9.17) is 0 Å². The maximum absolute atomic E-state index is 3.71. The summed E-state index contributed by atoms with van der Waals surface area (Å²) < 4.78 is 1.13. The summed E-state index contributed by atoms with van der Waals surface area (Å²) in [5.41, 5.74) is 7.52. The van der Waals surface area contributed by atoms with E-state index in [9.17, 15) is 0 Å². The Hall–Kier alpha value is -1.86. The number of hydrogen-bond donors (Lipinski definition) is 0. The fourth-order valence-corrected chi connectivity index (χ4v) is 3.02. The first kappa shape index (κ1) is 14.1. The second-order valence-electron chi connectivity index (χ2n) is 5.43. The molecule has 0 bridgehead atoms. The minimum Gasteiger partial charge on any atom is -0.0587 e. The number of benzene rings is 3. The Morgan fingerprint density at radius 3 is 1.57 bits per heavy atom. The van der Waals surface area contributed by atoms with Gasteiger partial charge >= 0.3 is 0 Å². The van der Waals surface area contributed by atoms with Crippen LogP contribution in [0.2, 0.25) is 0 Å².